The minimum atomic E-state index is -0.339. The molecule has 96 valence electrons. The first-order valence-electron chi connectivity index (χ1n) is 5.86. The van der Waals surface area contributed by atoms with E-state index < -0.39 is 0 Å². The Kier molecular flexibility index (Phi) is 5.00. The van der Waals surface area contributed by atoms with Gasteiger partial charge in [-0.1, -0.05) is 12.2 Å². The van der Waals surface area contributed by atoms with Crippen LogP contribution in [0.2, 0.25) is 0 Å². The predicted molar refractivity (Wildman–Crippen MR) is 64.6 cm³/mol. The number of hydrogen-bond acceptors (Lipinski definition) is 3. The van der Waals surface area contributed by atoms with Gasteiger partial charge in [-0.05, 0) is 13.3 Å². The summed E-state index contributed by atoms with van der Waals surface area (Å²) in [4.78, 5) is 26.5. The quantitative estimate of drug-likeness (QED) is 0.698. The molecule has 0 saturated heterocycles. The maximum Gasteiger partial charge on any atom is 0.410 e. The van der Waals surface area contributed by atoms with Gasteiger partial charge in [0.05, 0.1) is 19.1 Å². The van der Waals surface area contributed by atoms with Crippen molar-refractivity contribution in [1.82, 2.24) is 9.80 Å². The fraction of sp³-hybridized carbons (Fsp3) is 0.667. The molecule has 2 amide bonds. The van der Waals surface area contributed by atoms with Crippen LogP contribution in [0.1, 0.15) is 19.8 Å². The van der Waals surface area contributed by atoms with Crippen molar-refractivity contribution in [2.45, 2.75) is 25.8 Å². The molecule has 0 radical (unpaired) electrons. The Morgan fingerprint density at radius 2 is 2.18 bits per heavy atom. The number of nitrogens with zero attached hydrogens (tertiary/aromatic N) is 2. The molecule has 0 aromatic carbocycles. The number of rotatable bonds is 3. The van der Waals surface area contributed by atoms with E-state index in [1.807, 2.05) is 12.2 Å². The largest absolute Gasteiger partial charge is 0.450 e. The lowest BCUT2D eigenvalue weighted by atomic mass is 10.1. The van der Waals surface area contributed by atoms with Gasteiger partial charge < -0.3 is 14.5 Å². The molecule has 0 bridgehead atoms. The second-order valence-corrected chi connectivity index (χ2v) is 4.17. The summed E-state index contributed by atoms with van der Waals surface area (Å²) in [7, 11) is 3.42. The van der Waals surface area contributed by atoms with Gasteiger partial charge in [-0.2, -0.15) is 0 Å². The summed E-state index contributed by atoms with van der Waals surface area (Å²) in [5.41, 5.74) is 0. The monoisotopic (exact) mass is 240 g/mol. The maximum absolute atomic E-state index is 11.7. The lowest BCUT2D eigenvalue weighted by Gasteiger charge is -2.31. The van der Waals surface area contributed by atoms with Gasteiger partial charge in [-0.15, -0.1) is 0 Å². The van der Waals surface area contributed by atoms with Crippen LogP contribution in [0, 0.1) is 0 Å². The number of amides is 2. The van der Waals surface area contributed by atoms with Crippen LogP contribution in [0.15, 0.2) is 12.2 Å². The summed E-state index contributed by atoms with van der Waals surface area (Å²) in [6.45, 7) is 2.74. The SMILES string of the molecule is CCOC(=O)N1CCC=CC1CC(=O)N(C)C. The molecular formula is C12H20N2O3. The van der Waals surface area contributed by atoms with E-state index in [1.165, 1.54) is 4.90 Å². The van der Waals surface area contributed by atoms with E-state index >= 15 is 0 Å². The van der Waals surface area contributed by atoms with Crippen molar-refractivity contribution in [2.24, 2.45) is 0 Å². The van der Waals surface area contributed by atoms with E-state index in [0.717, 1.165) is 6.42 Å². The average molecular weight is 240 g/mol. The first-order chi connectivity index (χ1) is 8.06. The minimum Gasteiger partial charge on any atom is -0.450 e. The van der Waals surface area contributed by atoms with Gasteiger partial charge in [0, 0.05) is 20.6 Å². The second-order valence-electron chi connectivity index (χ2n) is 4.17. The van der Waals surface area contributed by atoms with Gasteiger partial charge in [0.1, 0.15) is 0 Å². The predicted octanol–water partition coefficient (Wildman–Crippen LogP) is 1.25. The van der Waals surface area contributed by atoms with Crippen molar-refractivity contribution in [3.8, 4) is 0 Å². The Hall–Kier alpha value is -1.52. The van der Waals surface area contributed by atoms with Crippen molar-refractivity contribution in [3.05, 3.63) is 12.2 Å². The number of ether oxygens (including phenoxy) is 1. The standard InChI is InChI=1S/C12H20N2O3/c1-4-17-12(16)14-8-6-5-7-10(14)9-11(15)13(2)3/h5,7,10H,4,6,8-9H2,1-3H3. The molecule has 1 atom stereocenters. The highest BCUT2D eigenvalue weighted by molar-refractivity contribution is 5.78. The summed E-state index contributed by atoms with van der Waals surface area (Å²) < 4.78 is 4.98. The van der Waals surface area contributed by atoms with Crippen LogP contribution in [0.4, 0.5) is 4.79 Å². The van der Waals surface area contributed by atoms with Crippen LogP contribution in [-0.4, -0.2) is 55.1 Å². The Morgan fingerprint density at radius 3 is 2.76 bits per heavy atom. The molecule has 0 fully saturated rings. The summed E-state index contributed by atoms with van der Waals surface area (Å²) in [5, 5.41) is 0. The molecule has 0 spiro atoms. The Bertz CT molecular complexity index is 313. The minimum absolute atomic E-state index is 0.0100. The third-order valence-electron chi connectivity index (χ3n) is 2.68. The van der Waals surface area contributed by atoms with E-state index in [2.05, 4.69) is 0 Å². The summed E-state index contributed by atoms with van der Waals surface area (Å²) in [6.07, 6.45) is 4.69. The van der Waals surface area contributed by atoms with Crippen LogP contribution in [0.3, 0.4) is 0 Å². The number of carbonyl (C=O) groups excluding carboxylic acids is 2. The highest BCUT2D eigenvalue weighted by Crippen LogP contribution is 2.15. The maximum atomic E-state index is 11.7. The van der Waals surface area contributed by atoms with Crippen LogP contribution < -0.4 is 0 Å². The van der Waals surface area contributed by atoms with Crippen molar-refractivity contribution < 1.29 is 14.3 Å². The average Bonchev–Trinajstić information content (AvgIpc) is 2.29. The zero-order valence-electron chi connectivity index (χ0n) is 10.7. The van der Waals surface area contributed by atoms with E-state index in [0.29, 0.717) is 19.6 Å². The molecule has 0 saturated carbocycles. The third-order valence-corrected chi connectivity index (χ3v) is 2.68. The molecule has 0 aliphatic carbocycles. The molecule has 1 rings (SSSR count). The zero-order chi connectivity index (χ0) is 12.8. The molecule has 5 heteroatoms. The lowest BCUT2D eigenvalue weighted by Crippen LogP contribution is -2.44. The topological polar surface area (TPSA) is 49.9 Å². The molecule has 1 aliphatic heterocycles. The Balaban J connectivity index is 2.65. The van der Waals surface area contributed by atoms with E-state index in [-0.39, 0.29) is 18.0 Å². The normalized spacial score (nSPS) is 19.0. The molecule has 0 N–H and O–H groups in total. The van der Waals surface area contributed by atoms with Crippen molar-refractivity contribution in [2.75, 3.05) is 27.2 Å². The van der Waals surface area contributed by atoms with Crippen LogP contribution in [0.5, 0.6) is 0 Å². The van der Waals surface area contributed by atoms with Gasteiger partial charge in [-0.25, -0.2) is 4.79 Å². The zero-order valence-corrected chi connectivity index (χ0v) is 10.7. The summed E-state index contributed by atoms with van der Waals surface area (Å²) in [6, 6.07) is -0.183. The molecule has 5 nitrogen and oxygen atoms in total. The van der Waals surface area contributed by atoms with E-state index in [4.69, 9.17) is 4.74 Å². The molecule has 0 aromatic rings. The molecule has 17 heavy (non-hydrogen) atoms. The van der Waals surface area contributed by atoms with Crippen LogP contribution >= 0.6 is 0 Å². The Labute approximate surface area is 102 Å². The molecule has 1 unspecified atom stereocenters. The number of hydrogen-bond donors (Lipinski definition) is 0. The summed E-state index contributed by atoms with van der Waals surface area (Å²) in [5.74, 6) is 0.0100. The molecule has 1 aliphatic rings. The van der Waals surface area contributed by atoms with E-state index in [9.17, 15) is 9.59 Å². The summed E-state index contributed by atoms with van der Waals surface area (Å²) >= 11 is 0. The highest BCUT2D eigenvalue weighted by Gasteiger charge is 2.26. The van der Waals surface area contributed by atoms with Gasteiger partial charge in [0.25, 0.3) is 0 Å². The molecule has 1 heterocycles. The van der Waals surface area contributed by atoms with Gasteiger partial charge >= 0.3 is 6.09 Å². The van der Waals surface area contributed by atoms with Gasteiger partial charge in [-0.3, -0.25) is 4.79 Å². The first-order valence-corrected chi connectivity index (χ1v) is 5.86. The van der Waals surface area contributed by atoms with Gasteiger partial charge in [0.15, 0.2) is 0 Å². The molecular weight excluding hydrogens is 220 g/mol. The molecule has 0 aromatic heterocycles. The smallest absolute Gasteiger partial charge is 0.410 e. The van der Waals surface area contributed by atoms with Crippen LogP contribution in [-0.2, 0) is 9.53 Å². The fourth-order valence-electron chi connectivity index (χ4n) is 1.71. The highest BCUT2D eigenvalue weighted by atomic mass is 16.6. The fourth-order valence-corrected chi connectivity index (χ4v) is 1.71. The van der Waals surface area contributed by atoms with Crippen molar-refractivity contribution in [1.29, 1.82) is 0 Å². The number of carbonyl (C=O) groups is 2. The first kappa shape index (κ1) is 13.5. The van der Waals surface area contributed by atoms with Gasteiger partial charge in [0.2, 0.25) is 5.91 Å². The van der Waals surface area contributed by atoms with E-state index in [1.54, 1.807) is 25.9 Å². The van der Waals surface area contributed by atoms with Crippen molar-refractivity contribution >= 4 is 12.0 Å². The van der Waals surface area contributed by atoms with Crippen LogP contribution in [0.25, 0.3) is 0 Å². The van der Waals surface area contributed by atoms with Crippen molar-refractivity contribution in [3.63, 3.8) is 0 Å². The Morgan fingerprint density at radius 1 is 1.47 bits per heavy atom. The lowest BCUT2D eigenvalue weighted by molar-refractivity contribution is -0.129. The second kappa shape index (κ2) is 6.27. The third kappa shape index (κ3) is 3.76.